The number of nitrogens with zero attached hydrogens (tertiary/aromatic N) is 2. The molecule has 0 unspecified atom stereocenters. The van der Waals surface area contributed by atoms with Gasteiger partial charge in [0.15, 0.2) is 5.78 Å². The summed E-state index contributed by atoms with van der Waals surface area (Å²) in [5, 5.41) is 0. The van der Waals surface area contributed by atoms with Crippen LogP contribution in [0.2, 0.25) is 0 Å². The first-order valence-electron chi connectivity index (χ1n) is 8.10. The molecule has 5 heteroatoms. The van der Waals surface area contributed by atoms with Crippen molar-refractivity contribution >= 4 is 11.7 Å². The number of carbonyl (C=O) groups is 2. The average Bonchev–Trinajstić information content (AvgIpc) is 2.63. The van der Waals surface area contributed by atoms with Crippen LogP contribution in [0.25, 0.3) is 0 Å². The number of halogens is 1. The SMILES string of the molecule is O=C(c1ccc(F)cc1)C1CCN(C(=O)Cc2ccncc2)CC1. The van der Waals surface area contributed by atoms with Gasteiger partial charge in [0.1, 0.15) is 5.82 Å². The molecule has 1 fully saturated rings. The summed E-state index contributed by atoms with van der Waals surface area (Å²) < 4.78 is 13.0. The van der Waals surface area contributed by atoms with E-state index >= 15 is 0 Å². The first-order valence-corrected chi connectivity index (χ1v) is 8.10. The van der Waals surface area contributed by atoms with Crippen LogP contribution < -0.4 is 0 Å². The molecule has 24 heavy (non-hydrogen) atoms. The lowest BCUT2D eigenvalue weighted by Crippen LogP contribution is -2.41. The second kappa shape index (κ2) is 7.34. The predicted octanol–water partition coefficient (Wildman–Crippen LogP) is 2.88. The van der Waals surface area contributed by atoms with Crippen LogP contribution in [0.15, 0.2) is 48.8 Å². The number of hydrogen-bond acceptors (Lipinski definition) is 3. The predicted molar refractivity (Wildman–Crippen MR) is 88.0 cm³/mol. The monoisotopic (exact) mass is 326 g/mol. The Labute approximate surface area is 140 Å². The fourth-order valence-corrected chi connectivity index (χ4v) is 3.03. The second-order valence-corrected chi connectivity index (χ2v) is 6.06. The zero-order valence-electron chi connectivity index (χ0n) is 13.3. The van der Waals surface area contributed by atoms with Crippen molar-refractivity contribution < 1.29 is 14.0 Å². The average molecular weight is 326 g/mol. The van der Waals surface area contributed by atoms with Crippen molar-refractivity contribution in [3.05, 3.63) is 65.7 Å². The van der Waals surface area contributed by atoms with Crippen LogP contribution in [0.5, 0.6) is 0 Å². The molecular formula is C19H19FN2O2. The molecule has 0 atom stereocenters. The Morgan fingerprint density at radius 2 is 1.67 bits per heavy atom. The lowest BCUT2D eigenvalue weighted by molar-refractivity contribution is -0.131. The molecule has 0 saturated carbocycles. The van der Waals surface area contributed by atoms with E-state index in [2.05, 4.69) is 4.98 Å². The number of aromatic nitrogens is 1. The molecule has 4 nitrogen and oxygen atoms in total. The molecule has 2 aromatic rings. The standard InChI is InChI=1S/C19H19FN2O2/c20-17-3-1-15(2-4-17)19(24)16-7-11-22(12-8-16)18(23)13-14-5-9-21-10-6-14/h1-6,9-10,16H,7-8,11-13H2. The summed E-state index contributed by atoms with van der Waals surface area (Å²) in [5.74, 6) is -0.325. The van der Waals surface area contributed by atoms with Crippen LogP contribution in [0.4, 0.5) is 4.39 Å². The molecule has 0 spiro atoms. The van der Waals surface area contributed by atoms with Gasteiger partial charge in [-0.1, -0.05) is 0 Å². The highest BCUT2D eigenvalue weighted by molar-refractivity contribution is 5.98. The fourth-order valence-electron chi connectivity index (χ4n) is 3.03. The van der Waals surface area contributed by atoms with Crippen molar-refractivity contribution in [2.24, 2.45) is 5.92 Å². The van der Waals surface area contributed by atoms with Gasteiger partial charge in [-0.15, -0.1) is 0 Å². The summed E-state index contributed by atoms with van der Waals surface area (Å²) in [5.41, 5.74) is 1.48. The van der Waals surface area contributed by atoms with Gasteiger partial charge >= 0.3 is 0 Å². The molecular weight excluding hydrogens is 307 g/mol. The number of rotatable bonds is 4. The number of likely N-dealkylation sites (tertiary alicyclic amines) is 1. The first kappa shape index (κ1) is 16.3. The molecule has 0 N–H and O–H groups in total. The Hall–Kier alpha value is -2.56. The van der Waals surface area contributed by atoms with E-state index in [0.29, 0.717) is 37.9 Å². The molecule has 1 saturated heterocycles. The smallest absolute Gasteiger partial charge is 0.226 e. The molecule has 1 aromatic heterocycles. The number of pyridine rings is 1. The molecule has 3 rings (SSSR count). The number of hydrogen-bond donors (Lipinski definition) is 0. The number of piperidine rings is 1. The summed E-state index contributed by atoms with van der Waals surface area (Å²) in [4.78, 5) is 30.5. The van der Waals surface area contributed by atoms with Crippen molar-refractivity contribution in [1.29, 1.82) is 0 Å². The van der Waals surface area contributed by atoms with Gasteiger partial charge in [-0.3, -0.25) is 14.6 Å². The van der Waals surface area contributed by atoms with E-state index in [1.54, 1.807) is 12.4 Å². The van der Waals surface area contributed by atoms with Crippen LogP contribution in [0, 0.1) is 11.7 Å². The summed E-state index contributed by atoms with van der Waals surface area (Å²) >= 11 is 0. The zero-order valence-corrected chi connectivity index (χ0v) is 13.3. The second-order valence-electron chi connectivity index (χ2n) is 6.06. The molecule has 124 valence electrons. The number of Topliss-reactive ketones (excluding diaryl/α,β-unsaturated/α-hetero) is 1. The number of ketones is 1. The third kappa shape index (κ3) is 3.85. The van der Waals surface area contributed by atoms with Gasteiger partial charge in [-0.2, -0.15) is 0 Å². The van der Waals surface area contributed by atoms with Crippen LogP contribution in [0.1, 0.15) is 28.8 Å². The quantitative estimate of drug-likeness (QED) is 0.812. The van der Waals surface area contributed by atoms with Gasteiger partial charge in [-0.25, -0.2) is 4.39 Å². The molecule has 1 amide bonds. The van der Waals surface area contributed by atoms with Gasteiger partial charge in [0.2, 0.25) is 5.91 Å². The Balaban J connectivity index is 1.54. The van der Waals surface area contributed by atoms with Crippen molar-refractivity contribution in [2.45, 2.75) is 19.3 Å². The third-order valence-electron chi connectivity index (χ3n) is 4.45. The minimum Gasteiger partial charge on any atom is -0.342 e. The summed E-state index contributed by atoms with van der Waals surface area (Å²) in [6.45, 7) is 1.17. The van der Waals surface area contributed by atoms with Crippen molar-refractivity contribution in [1.82, 2.24) is 9.88 Å². The number of carbonyl (C=O) groups excluding carboxylic acids is 2. The Kier molecular flexibility index (Phi) is 4.99. The molecule has 1 aliphatic rings. The van der Waals surface area contributed by atoms with Crippen LogP contribution >= 0.6 is 0 Å². The van der Waals surface area contributed by atoms with E-state index < -0.39 is 0 Å². The highest BCUT2D eigenvalue weighted by Crippen LogP contribution is 2.22. The van der Waals surface area contributed by atoms with Gasteiger partial charge in [0.05, 0.1) is 6.42 Å². The number of amides is 1. The maximum absolute atomic E-state index is 13.0. The van der Waals surface area contributed by atoms with Crippen molar-refractivity contribution in [3.8, 4) is 0 Å². The van der Waals surface area contributed by atoms with Crippen molar-refractivity contribution in [2.75, 3.05) is 13.1 Å². The van der Waals surface area contributed by atoms with Gasteiger partial charge < -0.3 is 4.90 Å². The number of benzene rings is 1. The lowest BCUT2D eigenvalue weighted by Gasteiger charge is -2.31. The Bertz CT molecular complexity index is 708. The van der Waals surface area contributed by atoms with Crippen LogP contribution in [-0.4, -0.2) is 34.7 Å². The van der Waals surface area contributed by atoms with E-state index in [0.717, 1.165) is 5.56 Å². The molecule has 0 radical (unpaired) electrons. The third-order valence-corrected chi connectivity index (χ3v) is 4.45. The minimum atomic E-state index is -0.344. The first-order chi connectivity index (χ1) is 11.6. The van der Waals surface area contributed by atoms with Gasteiger partial charge in [0, 0.05) is 37.0 Å². The molecule has 1 aliphatic heterocycles. The lowest BCUT2D eigenvalue weighted by atomic mass is 9.88. The van der Waals surface area contributed by atoms with Crippen LogP contribution in [0.3, 0.4) is 0 Å². The van der Waals surface area contributed by atoms with E-state index in [1.807, 2.05) is 17.0 Å². The zero-order chi connectivity index (χ0) is 16.9. The van der Waals surface area contributed by atoms with Gasteiger partial charge in [0.25, 0.3) is 0 Å². The van der Waals surface area contributed by atoms with E-state index in [4.69, 9.17) is 0 Å². The summed E-state index contributed by atoms with van der Waals surface area (Å²) in [6, 6.07) is 9.34. The minimum absolute atomic E-state index is 0.0382. The highest BCUT2D eigenvalue weighted by Gasteiger charge is 2.27. The largest absolute Gasteiger partial charge is 0.342 e. The maximum atomic E-state index is 13.0. The highest BCUT2D eigenvalue weighted by atomic mass is 19.1. The molecule has 1 aromatic carbocycles. The van der Waals surface area contributed by atoms with Crippen LogP contribution in [-0.2, 0) is 11.2 Å². The maximum Gasteiger partial charge on any atom is 0.226 e. The van der Waals surface area contributed by atoms with Crippen molar-refractivity contribution in [3.63, 3.8) is 0 Å². The molecule has 0 aliphatic carbocycles. The topological polar surface area (TPSA) is 50.3 Å². The summed E-state index contributed by atoms with van der Waals surface area (Å²) in [7, 11) is 0. The Morgan fingerprint density at radius 1 is 1.04 bits per heavy atom. The van der Waals surface area contributed by atoms with E-state index in [1.165, 1.54) is 24.3 Å². The van der Waals surface area contributed by atoms with Gasteiger partial charge in [-0.05, 0) is 54.8 Å². The van der Waals surface area contributed by atoms with E-state index in [9.17, 15) is 14.0 Å². The summed E-state index contributed by atoms with van der Waals surface area (Å²) in [6.07, 6.45) is 5.02. The fraction of sp³-hybridized carbons (Fsp3) is 0.316. The normalized spacial score (nSPS) is 15.3. The Morgan fingerprint density at radius 3 is 2.29 bits per heavy atom. The molecule has 0 bridgehead atoms. The van der Waals surface area contributed by atoms with E-state index in [-0.39, 0.29) is 23.4 Å². The molecule has 2 heterocycles.